The van der Waals surface area contributed by atoms with E-state index in [0.29, 0.717) is 24.5 Å². The molecule has 1 aliphatic rings. The third-order valence-electron chi connectivity index (χ3n) is 5.73. The van der Waals surface area contributed by atoms with E-state index in [0.717, 1.165) is 47.7 Å². The van der Waals surface area contributed by atoms with Gasteiger partial charge < -0.3 is 18.9 Å². The molecular weight excluding hydrogens is 392 g/mol. The molecule has 0 saturated carbocycles. The lowest BCUT2D eigenvalue weighted by molar-refractivity contribution is 0.0735. The van der Waals surface area contributed by atoms with Crippen LogP contribution in [0.25, 0.3) is 0 Å². The molecule has 1 saturated heterocycles. The molecular formula is C25H28N2O4. The van der Waals surface area contributed by atoms with E-state index >= 15 is 0 Å². The van der Waals surface area contributed by atoms with Crippen LogP contribution in [-0.2, 0) is 6.61 Å². The molecule has 31 heavy (non-hydrogen) atoms. The fraction of sp³-hybridized carbons (Fsp3) is 0.360. The molecule has 0 bridgehead atoms. The molecule has 3 aromatic rings. The highest BCUT2D eigenvalue weighted by molar-refractivity contribution is 5.95. The van der Waals surface area contributed by atoms with Gasteiger partial charge in [-0.3, -0.25) is 4.79 Å². The van der Waals surface area contributed by atoms with Crippen LogP contribution < -0.4 is 9.47 Å². The second kappa shape index (κ2) is 9.25. The summed E-state index contributed by atoms with van der Waals surface area (Å²) >= 11 is 0. The molecule has 1 aromatic heterocycles. The first-order valence-corrected chi connectivity index (χ1v) is 10.7. The number of likely N-dealkylation sites (tertiary alicyclic amines) is 1. The number of carbonyl (C=O) groups excluding carboxylic acids is 1. The van der Waals surface area contributed by atoms with Crippen LogP contribution in [0, 0.1) is 13.8 Å². The lowest BCUT2D eigenvalue weighted by atomic mass is 10.0. The van der Waals surface area contributed by atoms with Gasteiger partial charge in [-0.2, -0.15) is 0 Å². The number of hydrogen-bond acceptors (Lipinski definition) is 5. The number of benzene rings is 2. The third-order valence-corrected chi connectivity index (χ3v) is 5.73. The van der Waals surface area contributed by atoms with Crippen LogP contribution in [-0.4, -0.2) is 29.1 Å². The number of nitrogens with zero attached hydrogens (tertiary/aromatic N) is 2. The first kappa shape index (κ1) is 21.0. The fourth-order valence-electron chi connectivity index (χ4n) is 4.06. The van der Waals surface area contributed by atoms with Gasteiger partial charge in [0.2, 0.25) is 0 Å². The highest BCUT2D eigenvalue weighted by atomic mass is 16.5. The Kier molecular flexibility index (Phi) is 6.26. The average Bonchev–Trinajstić information content (AvgIpc) is 3.40. The van der Waals surface area contributed by atoms with Crippen LogP contribution in [0.2, 0.25) is 0 Å². The molecule has 0 spiro atoms. The van der Waals surface area contributed by atoms with E-state index in [9.17, 15) is 4.79 Å². The summed E-state index contributed by atoms with van der Waals surface area (Å²) in [7, 11) is 0. The Labute approximate surface area is 182 Å². The molecule has 2 heterocycles. The zero-order valence-electron chi connectivity index (χ0n) is 18.3. The van der Waals surface area contributed by atoms with E-state index in [1.165, 1.54) is 0 Å². The monoisotopic (exact) mass is 420 g/mol. The second-order valence-corrected chi connectivity index (χ2v) is 7.78. The minimum Gasteiger partial charge on any atom is -0.494 e. The Hall–Kier alpha value is -3.28. The molecule has 1 amide bonds. The number of aromatic nitrogens is 1. The van der Waals surface area contributed by atoms with Crippen LogP contribution in [0.3, 0.4) is 0 Å². The maximum Gasteiger partial charge on any atom is 0.254 e. The number of rotatable bonds is 7. The van der Waals surface area contributed by atoms with Gasteiger partial charge >= 0.3 is 0 Å². The van der Waals surface area contributed by atoms with Gasteiger partial charge in [-0.05, 0) is 69.5 Å². The molecule has 162 valence electrons. The first-order valence-electron chi connectivity index (χ1n) is 10.7. The predicted molar refractivity (Wildman–Crippen MR) is 117 cm³/mol. The Balaban J connectivity index is 1.47. The van der Waals surface area contributed by atoms with Crippen LogP contribution in [0.15, 0.2) is 53.1 Å². The Morgan fingerprint density at radius 3 is 2.65 bits per heavy atom. The smallest absolute Gasteiger partial charge is 0.254 e. The van der Waals surface area contributed by atoms with Gasteiger partial charge in [0.25, 0.3) is 5.91 Å². The van der Waals surface area contributed by atoms with Gasteiger partial charge in [-0.15, -0.1) is 0 Å². The Morgan fingerprint density at radius 1 is 1.13 bits per heavy atom. The predicted octanol–water partition coefficient (Wildman–Crippen LogP) is 5.25. The quantitative estimate of drug-likeness (QED) is 0.523. The van der Waals surface area contributed by atoms with Gasteiger partial charge in [0, 0.05) is 12.1 Å². The number of amides is 1. The zero-order chi connectivity index (χ0) is 21.8. The van der Waals surface area contributed by atoms with Crippen LogP contribution in [0.5, 0.6) is 11.5 Å². The van der Waals surface area contributed by atoms with E-state index in [1.807, 2.05) is 62.1 Å². The van der Waals surface area contributed by atoms with Crippen molar-refractivity contribution >= 4 is 5.91 Å². The van der Waals surface area contributed by atoms with Crippen LogP contribution in [0.1, 0.15) is 58.7 Å². The van der Waals surface area contributed by atoms with E-state index in [4.69, 9.17) is 14.0 Å². The highest BCUT2D eigenvalue weighted by Crippen LogP contribution is 2.34. The van der Waals surface area contributed by atoms with Crippen LogP contribution >= 0.6 is 0 Å². The lowest BCUT2D eigenvalue weighted by Gasteiger charge is -2.25. The van der Waals surface area contributed by atoms with Gasteiger partial charge in [-0.25, -0.2) is 0 Å². The molecule has 0 aliphatic carbocycles. The summed E-state index contributed by atoms with van der Waals surface area (Å²) in [5, 5.41) is 3.96. The summed E-state index contributed by atoms with van der Waals surface area (Å²) in [5.41, 5.74) is 3.53. The number of hydrogen-bond donors (Lipinski definition) is 0. The van der Waals surface area contributed by atoms with E-state index < -0.39 is 0 Å². The molecule has 2 aromatic carbocycles. The van der Waals surface area contributed by atoms with Crippen molar-refractivity contribution in [2.24, 2.45) is 0 Å². The first-order chi connectivity index (χ1) is 15.1. The molecule has 1 fully saturated rings. The minimum absolute atomic E-state index is 0.0270. The van der Waals surface area contributed by atoms with Crippen molar-refractivity contribution in [3.8, 4) is 11.5 Å². The molecule has 6 nitrogen and oxygen atoms in total. The normalized spacial score (nSPS) is 15.8. The maximum absolute atomic E-state index is 13.3. The van der Waals surface area contributed by atoms with E-state index in [2.05, 4.69) is 17.3 Å². The molecule has 1 atom stereocenters. The molecule has 1 unspecified atom stereocenters. The molecule has 4 rings (SSSR count). The average molecular weight is 421 g/mol. The summed E-state index contributed by atoms with van der Waals surface area (Å²) in [6.07, 6.45) is 1.95. The standard InChI is InChI=1S/C25H28N2O4/c1-4-29-21-12-10-19(11-13-21)24-9-6-14-27(24)25(28)20-7-5-8-22(15-20)30-16-23-17(2)26-31-18(23)3/h5,7-8,10-13,15,24H,4,6,9,14,16H2,1-3H3. The zero-order valence-corrected chi connectivity index (χ0v) is 18.3. The van der Waals surface area contributed by atoms with Gasteiger partial charge in [0.1, 0.15) is 23.9 Å². The van der Waals surface area contributed by atoms with Gasteiger partial charge in [0.05, 0.1) is 23.9 Å². The van der Waals surface area contributed by atoms with Crippen molar-refractivity contribution in [1.82, 2.24) is 10.1 Å². The maximum atomic E-state index is 13.3. The summed E-state index contributed by atoms with van der Waals surface area (Å²) in [6.45, 7) is 7.48. The lowest BCUT2D eigenvalue weighted by Crippen LogP contribution is -2.30. The Morgan fingerprint density at radius 2 is 1.94 bits per heavy atom. The third kappa shape index (κ3) is 4.58. The number of carbonyl (C=O) groups is 1. The topological polar surface area (TPSA) is 64.8 Å². The summed E-state index contributed by atoms with van der Waals surface area (Å²) in [4.78, 5) is 15.3. The summed E-state index contributed by atoms with van der Waals surface area (Å²) < 4.78 is 16.7. The number of aryl methyl sites for hydroxylation is 2. The fourth-order valence-corrected chi connectivity index (χ4v) is 4.06. The van der Waals surface area contributed by atoms with Crippen molar-refractivity contribution < 1.29 is 18.8 Å². The van der Waals surface area contributed by atoms with Crippen molar-refractivity contribution in [2.75, 3.05) is 13.2 Å². The van der Waals surface area contributed by atoms with Crippen LogP contribution in [0.4, 0.5) is 0 Å². The minimum atomic E-state index is 0.0270. The second-order valence-electron chi connectivity index (χ2n) is 7.78. The van der Waals surface area contributed by atoms with Crippen molar-refractivity contribution in [3.05, 3.63) is 76.7 Å². The number of ether oxygens (including phenoxy) is 2. The van der Waals surface area contributed by atoms with Gasteiger partial charge in [0.15, 0.2) is 0 Å². The molecule has 6 heteroatoms. The molecule has 0 radical (unpaired) electrons. The van der Waals surface area contributed by atoms with Crippen molar-refractivity contribution in [1.29, 1.82) is 0 Å². The van der Waals surface area contributed by atoms with Gasteiger partial charge in [-0.1, -0.05) is 23.4 Å². The molecule has 1 aliphatic heterocycles. The Bertz CT molecular complexity index is 1020. The van der Waals surface area contributed by atoms with Crippen molar-refractivity contribution in [3.63, 3.8) is 0 Å². The van der Waals surface area contributed by atoms with Crippen molar-refractivity contribution in [2.45, 2.75) is 46.3 Å². The summed E-state index contributed by atoms with van der Waals surface area (Å²) in [6, 6.07) is 15.5. The largest absolute Gasteiger partial charge is 0.494 e. The summed E-state index contributed by atoms with van der Waals surface area (Å²) in [5.74, 6) is 2.28. The molecule has 0 N–H and O–H groups in total. The SMILES string of the molecule is CCOc1ccc(C2CCCN2C(=O)c2cccc(OCc3c(C)noc3C)c2)cc1. The van der Waals surface area contributed by atoms with E-state index in [-0.39, 0.29) is 11.9 Å². The van der Waals surface area contributed by atoms with E-state index in [1.54, 1.807) is 0 Å². The highest BCUT2D eigenvalue weighted by Gasteiger charge is 2.30.